The first kappa shape index (κ1) is 27.8. The van der Waals surface area contributed by atoms with E-state index in [2.05, 4.69) is 24.1 Å². The second-order valence-electron chi connectivity index (χ2n) is 8.03. The summed E-state index contributed by atoms with van der Waals surface area (Å²) in [4.78, 5) is 21.8. The van der Waals surface area contributed by atoms with Crippen LogP contribution in [0.25, 0.3) is 0 Å². The van der Waals surface area contributed by atoms with Gasteiger partial charge >= 0.3 is 18.1 Å². The highest BCUT2D eigenvalue weighted by atomic mass is 19.4. The van der Waals surface area contributed by atoms with Gasteiger partial charge < -0.3 is 25.7 Å². The Balaban J connectivity index is 0.000000433. The van der Waals surface area contributed by atoms with Crippen molar-refractivity contribution in [3.63, 3.8) is 0 Å². The minimum Gasteiger partial charge on any atom is -0.479 e. The third-order valence-corrected chi connectivity index (χ3v) is 4.93. The zero-order valence-corrected chi connectivity index (χ0v) is 18.0. The molecule has 0 aliphatic carbocycles. The van der Waals surface area contributed by atoms with Crippen LogP contribution in [0.4, 0.5) is 13.2 Å². The maximum atomic E-state index is 13.2. The lowest BCUT2D eigenvalue weighted by Gasteiger charge is -2.36. The standard InChI is InChI=1S/C17H25F3N2.C4H6O6/c1-13(2)11-22(15-7-9-21-10-8-15)12-14-5-3-4-6-16(14)17(18,19)20;5-1(3(7)8)2(6)4(9)10/h3-6,13,15,21H,7-12H2,1-2H3;1-2,5-6H,(H,7,8)(H,9,10). The van der Waals surface area contributed by atoms with Crippen LogP contribution in [0.3, 0.4) is 0 Å². The molecule has 1 fully saturated rings. The van der Waals surface area contributed by atoms with Gasteiger partial charge in [-0.05, 0) is 43.5 Å². The van der Waals surface area contributed by atoms with Crippen LogP contribution >= 0.6 is 0 Å². The van der Waals surface area contributed by atoms with E-state index in [0.29, 0.717) is 24.1 Å². The number of hydrogen-bond acceptors (Lipinski definition) is 6. The van der Waals surface area contributed by atoms with Gasteiger partial charge in [0.25, 0.3) is 0 Å². The van der Waals surface area contributed by atoms with Crippen molar-refractivity contribution in [2.75, 3.05) is 19.6 Å². The summed E-state index contributed by atoms with van der Waals surface area (Å²) in [6.07, 6.45) is -6.81. The molecule has 5 N–H and O–H groups in total. The Hall–Kier alpha value is -2.21. The van der Waals surface area contributed by atoms with Crippen molar-refractivity contribution in [1.82, 2.24) is 10.2 Å². The number of aliphatic hydroxyl groups excluding tert-OH is 2. The first-order chi connectivity index (χ1) is 14.8. The molecule has 0 radical (unpaired) electrons. The number of hydrogen-bond donors (Lipinski definition) is 5. The van der Waals surface area contributed by atoms with E-state index in [1.807, 2.05) is 0 Å². The second-order valence-corrected chi connectivity index (χ2v) is 8.03. The van der Waals surface area contributed by atoms with E-state index in [1.165, 1.54) is 12.1 Å². The van der Waals surface area contributed by atoms with Crippen molar-refractivity contribution in [3.05, 3.63) is 35.4 Å². The Bertz CT molecular complexity index is 720. The molecule has 0 aromatic heterocycles. The summed E-state index contributed by atoms with van der Waals surface area (Å²) < 4.78 is 39.5. The van der Waals surface area contributed by atoms with E-state index >= 15 is 0 Å². The molecule has 8 nitrogen and oxygen atoms in total. The molecular weight excluding hydrogens is 433 g/mol. The number of benzene rings is 1. The summed E-state index contributed by atoms with van der Waals surface area (Å²) in [6, 6.07) is 6.32. The van der Waals surface area contributed by atoms with Gasteiger partial charge in [-0.1, -0.05) is 32.0 Å². The number of aliphatic hydroxyl groups is 2. The summed E-state index contributed by atoms with van der Waals surface area (Å²) in [5.74, 6) is -3.10. The summed E-state index contributed by atoms with van der Waals surface area (Å²) in [5, 5.41) is 35.8. The Morgan fingerprint density at radius 1 is 1.06 bits per heavy atom. The zero-order chi connectivity index (χ0) is 24.5. The van der Waals surface area contributed by atoms with Gasteiger partial charge in [0.1, 0.15) is 0 Å². The molecule has 2 rings (SSSR count). The number of halogens is 3. The number of nitrogens with zero attached hydrogens (tertiary/aromatic N) is 1. The topological polar surface area (TPSA) is 130 Å². The largest absolute Gasteiger partial charge is 0.479 e. The molecule has 1 aromatic rings. The van der Waals surface area contributed by atoms with Crippen LogP contribution in [-0.4, -0.2) is 75.1 Å². The number of nitrogens with one attached hydrogen (secondary N) is 1. The highest BCUT2D eigenvalue weighted by Crippen LogP contribution is 2.33. The fourth-order valence-corrected chi connectivity index (χ4v) is 3.41. The van der Waals surface area contributed by atoms with Crippen molar-refractivity contribution in [2.45, 2.75) is 57.7 Å². The molecule has 1 heterocycles. The molecule has 1 aromatic carbocycles. The zero-order valence-electron chi connectivity index (χ0n) is 18.0. The summed E-state index contributed by atoms with van der Waals surface area (Å²) in [7, 11) is 0. The molecule has 1 aliphatic heterocycles. The average Bonchev–Trinajstić information content (AvgIpc) is 2.72. The number of carbonyl (C=O) groups is 2. The van der Waals surface area contributed by atoms with Crippen LogP contribution in [-0.2, 0) is 22.3 Å². The van der Waals surface area contributed by atoms with E-state index < -0.39 is 35.9 Å². The smallest absolute Gasteiger partial charge is 0.416 e. The SMILES string of the molecule is CC(C)CN(Cc1ccccc1C(F)(F)F)C1CCNCC1.O=C(O)C(O)C(O)C(=O)O. The lowest BCUT2D eigenvalue weighted by atomic mass is 10.00. The van der Waals surface area contributed by atoms with E-state index in [9.17, 15) is 22.8 Å². The average molecular weight is 464 g/mol. The van der Waals surface area contributed by atoms with Gasteiger partial charge in [-0.2, -0.15) is 13.2 Å². The van der Waals surface area contributed by atoms with Crippen LogP contribution in [0.1, 0.15) is 37.8 Å². The first-order valence-electron chi connectivity index (χ1n) is 10.3. The molecule has 182 valence electrons. The molecule has 1 saturated heterocycles. The van der Waals surface area contributed by atoms with Crippen LogP contribution in [0.5, 0.6) is 0 Å². The van der Waals surface area contributed by atoms with Gasteiger partial charge in [0.15, 0.2) is 12.2 Å². The lowest BCUT2D eigenvalue weighted by Crippen LogP contribution is -2.44. The van der Waals surface area contributed by atoms with Gasteiger partial charge in [0.05, 0.1) is 5.56 Å². The molecular formula is C21H31F3N2O6. The molecule has 0 spiro atoms. The molecule has 2 unspecified atom stereocenters. The van der Waals surface area contributed by atoms with E-state index in [1.54, 1.807) is 12.1 Å². The quantitative estimate of drug-likeness (QED) is 0.394. The van der Waals surface area contributed by atoms with Crippen molar-refractivity contribution < 1.29 is 43.2 Å². The molecule has 1 aliphatic rings. The first-order valence-corrected chi connectivity index (χ1v) is 10.3. The third kappa shape index (κ3) is 9.11. The number of aliphatic carboxylic acids is 2. The van der Waals surface area contributed by atoms with E-state index in [0.717, 1.165) is 32.5 Å². The highest BCUT2D eigenvalue weighted by Gasteiger charge is 2.34. The number of rotatable bonds is 8. The minimum absolute atomic E-state index is 0.366. The fraction of sp³-hybridized carbons (Fsp3) is 0.619. The van der Waals surface area contributed by atoms with Gasteiger partial charge in [-0.25, -0.2) is 9.59 Å². The Morgan fingerprint density at radius 2 is 1.56 bits per heavy atom. The Kier molecular flexibility index (Phi) is 11.1. The highest BCUT2D eigenvalue weighted by molar-refractivity contribution is 5.83. The van der Waals surface area contributed by atoms with Crippen molar-refractivity contribution in [1.29, 1.82) is 0 Å². The van der Waals surface area contributed by atoms with Crippen molar-refractivity contribution in [3.8, 4) is 0 Å². The van der Waals surface area contributed by atoms with Gasteiger partial charge in [0.2, 0.25) is 0 Å². The van der Waals surface area contributed by atoms with Crippen LogP contribution in [0.2, 0.25) is 0 Å². The van der Waals surface area contributed by atoms with Gasteiger partial charge in [0, 0.05) is 19.1 Å². The Morgan fingerprint density at radius 3 is 2.00 bits per heavy atom. The maximum Gasteiger partial charge on any atom is 0.416 e. The molecule has 2 atom stereocenters. The minimum atomic E-state index is -4.28. The molecule has 11 heteroatoms. The monoisotopic (exact) mass is 464 g/mol. The van der Waals surface area contributed by atoms with Crippen molar-refractivity contribution >= 4 is 11.9 Å². The van der Waals surface area contributed by atoms with E-state index in [4.69, 9.17) is 20.4 Å². The Labute approximate surface area is 184 Å². The maximum absolute atomic E-state index is 13.2. The summed E-state index contributed by atoms with van der Waals surface area (Å²) >= 11 is 0. The molecule has 32 heavy (non-hydrogen) atoms. The predicted octanol–water partition coefficient (Wildman–Crippen LogP) is 1.79. The van der Waals surface area contributed by atoms with Gasteiger partial charge in [-0.15, -0.1) is 0 Å². The lowest BCUT2D eigenvalue weighted by molar-refractivity contribution is -0.165. The molecule has 0 saturated carbocycles. The van der Waals surface area contributed by atoms with Gasteiger partial charge in [-0.3, -0.25) is 4.90 Å². The normalized spacial score (nSPS) is 16.9. The molecule has 0 bridgehead atoms. The van der Waals surface area contributed by atoms with Crippen LogP contribution in [0.15, 0.2) is 24.3 Å². The fourth-order valence-electron chi connectivity index (χ4n) is 3.41. The number of carboxylic acids is 2. The third-order valence-electron chi connectivity index (χ3n) is 4.93. The summed E-state index contributed by atoms with van der Waals surface area (Å²) in [5.41, 5.74) is -0.119. The second kappa shape index (κ2) is 12.7. The van der Waals surface area contributed by atoms with Crippen LogP contribution < -0.4 is 5.32 Å². The summed E-state index contributed by atoms with van der Waals surface area (Å²) in [6.45, 7) is 7.32. The number of alkyl halides is 3. The molecule has 0 amide bonds. The van der Waals surface area contributed by atoms with E-state index in [-0.39, 0.29) is 0 Å². The van der Waals surface area contributed by atoms with Crippen molar-refractivity contribution in [2.24, 2.45) is 5.92 Å². The number of piperidine rings is 1. The van der Waals surface area contributed by atoms with Crippen LogP contribution in [0, 0.1) is 5.92 Å². The number of carboxylic acid groups (broad SMARTS) is 2. The predicted molar refractivity (Wildman–Crippen MR) is 110 cm³/mol.